The number of carbonyl (C=O) groups is 2. The van der Waals surface area contributed by atoms with Crippen molar-refractivity contribution in [3.63, 3.8) is 0 Å². The van der Waals surface area contributed by atoms with Gasteiger partial charge in [-0.05, 0) is 61.4 Å². The van der Waals surface area contributed by atoms with E-state index in [1.165, 1.54) is 47.8 Å². The van der Waals surface area contributed by atoms with E-state index in [9.17, 15) is 25.0 Å². The maximum Gasteiger partial charge on any atom is 0.331 e. The zero-order valence-electron chi connectivity index (χ0n) is 16.9. The van der Waals surface area contributed by atoms with Gasteiger partial charge in [-0.2, -0.15) is 5.26 Å². The molecule has 1 aromatic carbocycles. The van der Waals surface area contributed by atoms with Crippen molar-refractivity contribution in [1.29, 1.82) is 5.26 Å². The van der Waals surface area contributed by atoms with Crippen molar-refractivity contribution in [3.05, 3.63) is 62.0 Å². The lowest BCUT2D eigenvalue weighted by Gasteiger charge is -2.14. The van der Waals surface area contributed by atoms with Gasteiger partial charge in [0.1, 0.15) is 11.1 Å². The van der Waals surface area contributed by atoms with Crippen molar-refractivity contribution < 1.29 is 19.2 Å². The van der Waals surface area contributed by atoms with E-state index in [0.29, 0.717) is 16.1 Å². The van der Waals surface area contributed by atoms with E-state index in [-0.39, 0.29) is 12.1 Å². The zero-order valence-corrected chi connectivity index (χ0v) is 17.7. The Hall–Kier alpha value is -3.51. The normalized spacial score (nSPS) is 13.8. The minimum Gasteiger partial charge on any atom is -0.449 e. The number of thiophene rings is 1. The van der Waals surface area contributed by atoms with Crippen LogP contribution in [0, 0.1) is 21.4 Å². The number of hydrogen-bond donors (Lipinski definition) is 1. The summed E-state index contributed by atoms with van der Waals surface area (Å²) in [5, 5.41) is 23.5. The van der Waals surface area contributed by atoms with Crippen LogP contribution in [0.25, 0.3) is 6.08 Å². The number of anilines is 1. The molecular weight excluding hydrogens is 418 g/mol. The molecule has 9 heteroatoms. The number of carbonyl (C=O) groups excluding carboxylic acids is 2. The lowest BCUT2D eigenvalue weighted by atomic mass is 9.96. The lowest BCUT2D eigenvalue weighted by molar-refractivity contribution is -0.384. The number of nitro benzene ring substituents is 1. The summed E-state index contributed by atoms with van der Waals surface area (Å²) in [7, 11) is 0. The molecule has 0 aliphatic heterocycles. The molecule has 1 aliphatic rings. The predicted molar refractivity (Wildman–Crippen MR) is 117 cm³/mol. The van der Waals surface area contributed by atoms with Gasteiger partial charge in [0.2, 0.25) is 0 Å². The molecule has 160 valence electrons. The number of nitrogens with zero attached hydrogens (tertiary/aromatic N) is 2. The molecule has 1 aromatic heterocycles. The first-order chi connectivity index (χ1) is 14.9. The summed E-state index contributed by atoms with van der Waals surface area (Å²) in [6, 6.07) is 7.87. The molecule has 0 bridgehead atoms. The maximum atomic E-state index is 12.7. The van der Waals surface area contributed by atoms with Crippen LogP contribution in [-0.4, -0.2) is 22.9 Å². The third-order valence-corrected chi connectivity index (χ3v) is 6.16. The van der Waals surface area contributed by atoms with Crippen molar-refractivity contribution in [2.75, 3.05) is 5.32 Å². The van der Waals surface area contributed by atoms with Gasteiger partial charge in [-0.25, -0.2) is 4.79 Å². The van der Waals surface area contributed by atoms with Gasteiger partial charge in [-0.15, -0.1) is 11.3 Å². The monoisotopic (exact) mass is 439 g/mol. The van der Waals surface area contributed by atoms with E-state index in [2.05, 4.69) is 11.4 Å². The molecule has 3 rings (SSSR count). The summed E-state index contributed by atoms with van der Waals surface area (Å²) < 4.78 is 5.27. The minimum absolute atomic E-state index is 0.0468. The van der Waals surface area contributed by atoms with Crippen LogP contribution in [0.15, 0.2) is 30.3 Å². The van der Waals surface area contributed by atoms with E-state index in [1.54, 1.807) is 6.92 Å². The number of hydrogen-bond acceptors (Lipinski definition) is 7. The fourth-order valence-electron chi connectivity index (χ4n) is 3.34. The van der Waals surface area contributed by atoms with Crippen LogP contribution in [0.2, 0.25) is 0 Å². The molecule has 0 spiro atoms. The van der Waals surface area contributed by atoms with Crippen LogP contribution < -0.4 is 5.32 Å². The summed E-state index contributed by atoms with van der Waals surface area (Å²) in [5.74, 6) is -1.18. The highest BCUT2D eigenvalue weighted by Gasteiger charge is 2.25. The average Bonchev–Trinajstić information content (AvgIpc) is 3.12. The Morgan fingerprint density at radius 3 is 2.68 bits per heavy atom. The smallest absolute Gasteiger partial charge is 0.331 e. The van der Waals surface area contributed by atoms with E-state index < -0.39 is 22.9 Å². The number of esters is 1. The van der Waals surface area contributed by atoms with Gasteiger partial charge in [0.05, 0.1) is 10.5 Å². The van der Waals surface area contributed by atoms with E-state index >= 15 is 0 Å². The van der Waals surface area contributed by atoms with Crippen molar-refractivity contribution >= 4 is 40.0 Å². The Balaban J connectivity index is 1.63. The quantitative estimate of drug-likeness (QED) is 0.296. The van der Waals surface area contributed by atoms with Crippen molar-refractivity contribution in [2.45, 2.75) is 45.1 Å². The molecule has 1 N–H and O–H groups in total. The second-order valence-electron chi connectivity index (χ2n) is 7.03. The van der Waals surface area contributed by atoms with Gasteiger partial charge in [0.25, 0.3) is 11.6 Å². The standard InChI is InChI=1S/C22H21N3O5S/c1-2-18(30-20(26)12-9-14-7-10-15(11-8-14)25(28)29)21(27)24-22-17(13-23)16-5-3-4-6-19(16)31-22/h7-12,18H,2-6H2,1H3,(H,24,27). The van der Waals surface area contributed by atoms with Gasteiger partial charge in [-0.3, -0.25) is 14.9 Å². The second kappa shape index (κ2) is 10.00. The molecule has 1 aliphatic carbocycles. The van der Waals surface area contributed by atoms with Crippen LogP contribution >= 0.6 is 11.3 Å². The third kappa shape index (κ3) is 5.35. The molecular formula is C22H21N3O5S. The Morgan fingerprint density at radius 1 is 1.32 bits per heavy atom. The highest BCUT2D eigenvalue weighted by Crippen LogP contribution is 2.37. The number of nitro groups is 1. The number of nitriles is 1. The van der Waals surface area contributed by atoms with Gasteiger partial charge >= 0.3 is 5.97 Å². The van der Waals surface area contributed by atoms with Gasteiger partial charge in [-0.1, -0.05) is 6.92 Å². The van der Waals surface area contributed by atoms with Crippen LogP contribution in [0.4, 0.5) is 10.7 Å². The fourth-order valence-corrected chi connectivity index (χ4v) is 4.58. The van der Waals surface area contributed by atoms with Crippen LogP contribution in [0.3, 0.4) is 0 Å². The molecule has 0 fully saturated rings. The molecule has 1 atom stereocenters. The van der Waals surface area contributed by atoms with Crippen molar-refractivity contribution in [2.24, 2.45) is 0 Å². The molecule has 1 amide bonds. The number of amides is 1. The second-order valence-corrected chi connectivity index (χ2v) is 8.14. The molecule has 0 radical (unpaired) electrons. The number of aryl methyl sites for hydroxylation is 1. The first kappa shape index (κ1) is 22.2. The van der Waals surface area contributed by atoms with Gasteiger partial charge in [0.15, 0.2) is 6.10 Å². The lowest BCUT2D eigenvalue weighted by Crippen LogP contribution is -2.31. The predicted octanol–water partition coefficient (Wildman–Crippen LogP) is 4.38. The SMILES string of the molecule is CCC(OC(=O)C=Cc1ccc([N+](=O)[O-])cc1)C(=O)Nc1sc2c(c1C#N)CCCC2. The zero-order chi connectivity index (χ0) is 22.4. The van der Waals surface area contributed by atoms with Crippen LogP contribution in [0.5, 0.6) is 0 Å². The number of fused-ring (bicyclic) bond motifs is 1. The summed E-state index contributed by atoms with van der Waals surface area (Å²) in [5.41, 5.74) is 2.06. The summed E-state index contributed by atoms with van der Waals surface area (Å²) in [6.07, 6.45) is 5.74. The van der Waals surface area contributed by atoms with Gasteiger partial charge in [0, 0.05) is 23.1 Å². The Kier molecular flexibility index (Phi) is 7.15. The maximum absolute atomic E-state index is 12.7. The molecule has 0 saturated heterocycles. The summed E-state index contributed by atoms with van der Waals surface area (Å²) in [6.45, 7) is 1.72. The number of non-ortho nitro benzene ring substituents is 1. The van der Waals surface area contributed by atoms with E-state index in [0.717, 1.165) is 36.1 Å². The Morgan fingerprint density at radius 2 is 2.03 bits per heavy atom. The van der Waals surface area contributed by atoms with Crippen molar-refractivity contribution in [1.82, 2.24) is 0 Å². The first-order valence-corrected chi connectivity index (χ1v) is 10.7. The van der Waals surface area contributed by atoms with Crippen molar-refractivity contribution in [3.8, 4) is 6.07 Å². The number of rotatable bonds is 7. The number of ether oxygens (including phenoxy) is 1. The van der Waals surface area contributed by atoms with E-state index in [1.807, 2.05) is 0 Å². The molecule has 2 aromatic rings. The summed E-state index contributed by atoms with van der Waals surface area (Å²) >= 11 is 1.42. The highest BCUT2D eigenvalue weighted by atomic mass is 32.1. The minimum atomic E-state index is -1.00. The Bertz CT molecular complexity index is 1070. The highest BCUT2D eigenvalue weighted by molar-refractivity contribution is 7.16. The fraction of sp³-hybridized carbons (Fsp3) is 0.318. The topological polar surface area (TPSA) is 122 Å². The Labute approximate surface area is 183 Å². The van der Waals surface area contributed by atoms with Crippen LogP contribution in [0.1, 0.15) is 47.8 Å². The average molecular weight is 439 g/mol. The molecule has 0 saturated carbocycles. The number of benzene rings is 1. The summed E-state index contributed by atoms with van der Waals surface area (Å²) in [4.78, 5) is 36.1. The largest absolute Gasteiger partial charge is 0.449 e. The number of nitrogens with one attached hydrogen (secondary N) is 1. The van der Waals surface area contributed by atoms with Crippen LogP contribution in [-0.2, 0) is 27.2 Å². The van der Waals surface area contributed by atoms with Gasteiger partial charge < -0.3 is 10.1 Å². The molecule has 1 unspecified atom stereocenters. The molecule has 31 heavy (non-hydrogen) atoms. The molecule has 1 heterocycles. The molecule has 8 nitrogen and oxygen atoms in total. The first-order valence-electron chi connectivity index (χ1n) is 9.91. The third-order valence-electron chi connectivity index (χ3n) is 4.96. The van der Waals surface area contributed by atoms with E-state index in [4.69, 9.17) is 4.74 Å².